The molecular weight excluding hydrogens is 515 g/mol. The number of halogens is 3. The highest BCUT2D eigenvalue weighted by Gasteiger charge is 2.27. The van der Waals surface area contributed by atoms with E-state index in [9.17, 15) is 13.2 Å². The van der Waals surface area contributed by atoms with Crippen LogP contribution in [-0.4, -0.2) is 39.3 Å². The summed E-state index contributed by atoms with van der Waals surface area (Å²) in [4.78, 5) is 16.4. The van der Waals surface area contributed by atoms with Gasteiger partial charge in [0.05, 0.1) is 33.9 Å². The lowest BCUT2D eigenvalue weighted by Gasteiger charge is -2.07. The standard InChI is InChI=1S/C31H26F3N5O/c32-31(33,34)20-40-14-4-3-13-39-12-2-1-5-30(39)28-18-27-17-25-9-8-23(36-25)15-21-6-7-22(35-21)16-24-10-11-26(37-24)19-29(28)38-27/h1-2,5-12,15-19H,3-4,13-14,20H2,(H,35,36,37,38)/p+1. The van der Waals surface area contributed by atoms with E-state index in [2.05, 4.69) is 31.7 Å². The highest BCUT2D eigenvalue weighted by molar-refractivity contribution is 5.85. The average molecular weight is 543 g/mol. The van der Waals surface area contributed by atoms with Crippen molar-refractivity contribution in [3.05, 3.63) is 89.6 Å². The molecule has 0 saturated heterocycles. The van der Waals surface area contributed by atoms with E-state index in [1.54, 1.807) is 0 Å². The predicted octanol–water partition coefficient (Wildman–Crippen LogP) is 6.97. The van der Waals surface area contributed by atoms with Crippen LogP contribution in [-0.2, 0) is 11.3 Å². The fraction of sp³-hybridized carbons (Fsp3) is 0.194. The van der Waals surface area contributed by atoms with Gasteiger partial charge in [-0.15, -0.1) is 0 Å². The number of alkyl halides is 3. The first-order valence-electron chi connectivity index (χ1n) is 13.1. The molecule has 0 aromatic carbocycles. The van der Waals surface area contributed by atoms with Gasteiger partial charge in [0.15, 0.2) is 6.20 Å². The number of rotatable bonds is 7. The Labute approximate surface area is 228 Å². The van der Waals surface area contributed by atoms with Crippen molar-refractivity contribution in [3.8, 4) is 11.3 Å². The van der Waals surface area contributed by atoms with E-state index >= 15 is 0 Å². The number of aromatic nitrogens is 5. The van der Waals surface area contributed by atoms with Crippen LogP contribution in [0.15, 0.2) is 66.9 Å². The number of pyridine rings is 1. The third-order valence-corrected chi connectivity index (χ3v) is 6.59. The lowest BCUT2D eigenvalue weighted by atomic mass is 10.1. The Hall–Kier alpha value is -4.50. The van der Waals surface area contributed by atoms with Crippen LogP contribution in [0.4, 0.5) is 13.2 Å². The van der Waals surface area contributed by atoms with Crippen LogP contribution in [0.25, 0.3) is 57.6 Å². The molecule has 4 aromatic heterocycles. The summed E-state index contributed by atoms with van der Waals surface area (Å²) in [7, 11) is 0. The average Bonchev–Trinajstić information content (AvgIpc) is 3.71. The third kappa shape index (κ3) is 6.21. The molecule has 0 saturated carbocycles. The highest BCUT2D eigenvalue weighted by Crippen LogP contribution is 2.26. The zero-order valence-electron chi connectivity index (χ0n) is 21.6. The van der Waals surface area contributed by atoms with Crippen molar-refractivity contribution >= 4 is 46.4 Å². The first-order valence-corrected chi connectivity index (χ1v) is 13.1. The lowest BCUT2D eigenvalue weighted by Crippen LogP contribution is -2.35. The molecule has 6 rings (SSSR count). The Bertz CT molecular complexity index is 1760. The fourth-order valence-corrected chi connectivity index (χ4v) is 4.82. The normalized spacial score (nSPS) is 12.8. The first kappa shape index (κ1) is 25.8. The molecule has 0 spiro atoms. The first-order chi connectivity index (χ1) is 19.4. The van der Waals surface area contributed by atoms with E-state index < -0.39 is 12.8 Å². The van der Waals surface area contributed by atoms with Gasteiger partial charge in [-0.2, -0.15) is 17.7 Å². The van der Waals surface area contributed by atoms with Crippen molar-refractivity contribution in [2.75, 3.05) is 13.2 Å². The molecule has 202 valence electrons. The molecular formula is C31H27F3N5O+. The van der Waals surface area contributed by atoms with Crippen LogP contribution in [0.2, 0.25) is 0 Å². The molecule has 2 aliphatic heterocycles. The number of hydrogen-bond donors (Lipinski definition) is 2. The summed E-state index contributed by atoms with van der Waals surface area (Å²) < 4.78 is 43.9. The van der Waals surface area contributed by atoms with E-state index in [1.807, 2.05) is 79.0 Å². The van der Waals surface area contributed by atoms with Gasteiger partial charge in [-0.25, -0.2) is 9.97 Å². The summed E-state index contributed by atoms with van der Waals surface area (Å²) >= 11 is 0. The molecule has 8 bridgehead atoms. The maximum Gasteiger partial charge on any atom is 0.411 e. The number of ether oxygens (including phenoxy) is 1. The summed E-state index contributed by atoms with van der Waals surface area (Å²) in [6, 6.07) is 20.2. The second-order valence-corrected chi connectivity index (χ2v) is 9.74. The van der Waals surface area contributed by atoms with Gasteiger partial charge in [-0.05, 0) is 79.3 Å². The number of nitrogens with zero attached hydrogens (tertiary/aromatic N) is 3. The number of H-pyrrole nitrogens is 2. The van der Waals surface area contributed by atoms with Gasteiger partial charge in [-0.1, -0.05) is 0 Å². The number of nitrogens with one attached hydrogen (secondary N) is 2. The van der Waals surface area contributed by atoms with Crippen LogP contribution < -0.4 is 4.57 Å². The van der Waals surface area contributed by atoms with Gasteiger partial charge in [0.1, 0.15) is 13.2 Å². The Morgan fingerprint density at radius 2 is 1.43 bits per heavy atom. The van der Waals surface area contributed by atoms with Crippen molar-refractivity contribution in [2.45, 2.75) is 25.6 Å². The lowest BCUT2D eigenvalue weighted by molar-refractivity contribution is -0.686. The van der Waals surface area contributed by atoms with Crippen molar-refractivity contribution < 1.29 is 22.5 Å². The zero-order valence-corrected chi connectivity index (χ0v) is 21.6. The zero-order chi connectivity index (χ0) is 27.5. The van der Waals surface area contributed by atoms with E-state index in [1.165, 1.54) is 0 Å². The minimum atomic E-state index is -4.30. The molecule has 4 aromatic rings. The summed E-state index contributed by atoms with van der Waals surface area (Å²) in [6.07, 6.45) is 6.82. The van der Waals surface area contributed by atoms with Crippen LogP contribution in [0.1, 0.15) is 35.6 Å². The Kier molecular flexibility index (Phi) is 7.04. The van der Waals surface area contributed by atoms with Crippen LogP contribution in [0, 0.1) is 0 Å². The third-order valence-electron chi connectivity index (χ3n) is 6.59. The predicted molar refractivity (Wildman–Crippen MR) is 151 cm³/mol. The molecule has 0 fully saturated rings. The van der Waals surface area contributed by atoms with Crippen molar-refractivity contribution in [1.29, 1.82) is 0 Å². The molecule has 40 heavy (non-hydrogen) atoms. The van der Waals surface area contributed by atoms with Crippen molar-refractivity contribution in [1.82, 2.24) is 19.9 Å². The summed E-state index contributed by atoms with van der Waals surface area (Å²) in [5.74, 6) is 0. The van der Waals surface area contributed by atoms with Gasteiger partial charge in [0.2, 0.25) is 5.69 Å². The summed E-state index contributed by atoms with van der Waals surface area (Å²) in [5.41, 5.74) is 9.08. The maximum absolute atomic E-state index is 12.3. The van der Waals surface area contributed by atoms with Gasteiger partial charge < -0.3 is 14.7 Å². The Balaban J connectivity index is 1.39. The van der Waals surface area contributed by atoms with Crippen LogP contribution >= 0.6 is 0 Å². The van der Waals surface area contributed by atoms with E-state index in [4.69, 9.17) is 9.72 Å². The fourth-order valence-electron chi connectivity index (χ4n) is 4.82. The van der Waals surface area contributed by atoms with Gasteiger partial charge in [0.25, 0.3) is 0 Å². The summed E-state index contributed by atoms with van der Waals surface area (Å²) in [5, 5.41) is 0. The van der Waals surface area contributed by atoms with Crippen molar-refractivity contribution in [3.63, 3.8) is 0 Å². The monoisotopic (exact) mass is 542 g/mol. The van der Waals surface area contributed by atoms with Gasteiger partial charge in [0, 0.05) is 41.7 Å². The molecule has 0 aliphatic carbocycles. The maximum atomic E-state index is 12.3. The molecule has 0 amide bonds. The second-order valence-electron chi connectivity index (χ2n) is 9.74. The number of unbranched alkanes of at least 4 members (excludes halogenated alkanes) is 1. The number of aryl methyl sites for hydroxylation is 1. The molecule has 0 radical (unpaired) electrons. The molecule has 2 aliphatic rings. The van der Waals surface area contributed by atoms with Crippen molar-refractivity contribution in [2.24, 2.45) is 0 Å². The van der Waals surface area contributed by atoms with E-state index in [-0.39, 0.29) is 6.61 Å². The quantitative estimate of drug-likeness (QED) is 0.169. The Morgan fingerprint density at radius 1 is 0.725 bits per heavy atom. The van der Waals surface area contributed by atoms with Gasteiger partial charge in [-0.3, -0.25) is 0 Å². The smallest absolute Gasteiger partial charge is 0.372 e. The van der Waals surface area contributed by atoms with E-state index in [0.29, 0.717) is 19.4 Å². The summed E-state index contributed by atoms with van der Waals surface area (Å²) in [6.45, 7) is -0.491. The van der Waals surface area contributed by atoms with Crippen LogP contribution in [0.3, 0.4) is 0 Å². The molecule has 6 heterocycles. The highest BCUT2D eigenvalue weighted by atomic mass is 19.4. The second kappa shape index (κ2) is 10.9. The minimum Gasteiger partial charge on any atom is -0.372 e. The van der Waals surface area contributed by atoms with Gasteiger partial charge >= 0.3 is 6.18 Å². The molecule has 2 N–H and O–H groups in total. The van der Waals surface area contributed by atoms with Crippen LogP contribution in [0.5, 0.6) is 0 Å². The number of aromatic amines is 2. The largest absolute Gasteiger partial charge is 0.411 e. The number of hydrogen-bond acceptors (Lipinski definition) is 3. The molecule has 0 atom stereocenters. The number of fused-ring (bicyclic) bond motifs is 8. The molecule has 9 heteroatoms. The SMILES string of the molecule is FC(F)(F)COCCCC[n+]1ccccc1-c1cc2cc3ccc(cc4nc(cc5nc(cc1[nH]2)C=C5)C=C4)[nH]3. The topological polar surface area (TPSA) is 70.5 Å². The van der Waals surface area contributed by atoms with E-state index in [0.717, 1.165) is 56.1 Å². The minimum absolute atomic E-state index is 0.0730. The molecule has 6 nitrogen and oxygen atoms in total. The molecule has 0 unspecified atom stereocenters. The Morgan fingerprint density at radius 3 is 2.17 bits per heavy atom.